The van der Waals surface area contributed by atoms with Crippen molar-refractivity contribution in [1.82, 2.24) is 14.5 Å². The van der Waals surface area contributed by atoms with E-state index in [1.165, 1.54) is 37.2 Å². The quantitative estimate of drug-likeness (QED) is 0.852. The summed E-state index contributed by atoms with van der Waals surface area (Å²) < 4.78 is 3.98. The molecule has 1 N–H and O–H groups in total. The molecule has 0 spiro atoms. The summed E-state index contributed by atoms with van der Waals surface area (Å²) in [5, 5.41) is 8.40. The van der Waals surface area contributed by atoms with Gasteiger partial charge in [-0.15, -0.1) is 5.10 Å². The average Bonchev–Trinajstić information content (AvgIpc) is 2.87. The van der Waals surface area contributed by atoms with Crippen LogP contribution in [-0.4, -0.2) is 34.6 Å². The number of nitrogens with zero attached hydrogens (tertiary/aromatic N) is 3. The Bertz CT molecular complexity index is 306. The van der Waals surface area contributed by atoms with E-state index >= 15 is 0 Å². The highest BCUT2D eigenvalue weighted by Crippen LogP contribution is 2.25. The Kier molecular flexibility index (Phi) is 3.53. The highest BCUT2D eigenvalue weighted by atomic mass is 32.1. The molecule has 0 radical (unpaired) electrons. The van der Waals surface area contributed by atoms with E-state index in [0.29, 0.717) is 0 Å². The molecule has 0 aliphatic heterocycles. The van der Waals surface area contributed by atoms with Crippen LogP contribution in [0.4, 0.5) is 5.00 Å². The van der Waals surface area contributed by atoms with E-state index in [0.717, 1.165) is 23.3 Å². The zero-order chi connectivity index (χ0) is 10.7. The molecule has 84 valence electrons. The molecule has 1 aliphatic carbocycles. The van der Waals surface area contributed by atoms with Gasteiger partial charge in [0.2, 0.25) is 0 Å². The van der Waals surface area contributed by atoms with Gasteiger partial charge < -0.3 is 5.32 Å². The van der Waals surface area contributed by atoms with E-state index in [-0.39, 0.29) is 0 Å². The summed E-state index contributed by atoms with van der Waals surface area (Å²) in [6.07, 6.45) is 5.43. The van der Waals surface area contributed by atoms with Gasteiger partial charge in [0, 0.05) is 31.2 Å². The summed E-state index contributed by atoms with van der Waals surface area (Å²) >= 11 is 1.44. The topological polar surface area (TPSA) is 41.1 Å². The van der Waals surface area contributed by atoms with Crippen molar-refractivity contribution in [2.75, 3.05) is 19.4 Å². The lowest BCUT2D eigenvalue weighted by Gasteiger charge is -2.22. The van der Waals surface area contributed by atoms with Gasteiger partial charge in [0.15, 0.2) is 0 Å². The van der Waals surface area contributed by atoms with Crippen molar-refractivity contribution in [1.29, 1.82) is 0 Å². The maximum Gasteiger partial charge on any atom is 0.134 e. The standard InChI is InChI=1S/C10H18N4S/c1-11-10-9(12-13-15-10)7-14(2)8-5-3-4-6-8/h8,11H,3-7H2,1-2H3. The number of hydrogen-bond donors (Lipinski definition) is 1. The molecule has 4 nitrogen and oxygen atoms in total. The largest absolute Gasteiger partial charge is 0.377 e. The lowest BCUT2D eigenvalue weighted by molar-refractivity contribution is 0.235. The molecule has 5 heteroatoms. The van der Waals surface area contributed by atoms with Crippen LogP contribution < -0.4 is 5.32 Å². The summed E-state index contributed by atoms with van der Waals surface area (Å²) in [7, 11) is 4.11. The summed E-state index contributed by atoms with van der Waals surface area (Å²) in [6, 6.07) is 0.747. The molecular formula is C10H18N4S. The number of hydrogen-bond acceptors (Lipinski definition) is 5. The van der Waals surface area contributed by atoms with Crippen LogP contribution in [0.3, 0.4) is 0 Å². The van der Waals surface area contributed by atoms with E-state index in [4.69, 9.17) is 0 Å². The van der Waals surface area contributed by atoms with Crippen LogP contribution in [0.25, 0.3) is 0 Å². The first-order chi connectivity index (χ1) is 7.31. The Morgan fingerprint density at radius 1 is 1.47 bits per heavy atom. The van der Waals surface area contributed by atoms with Crippen molar-refractivity contribution in [3.05, 3.63) is 5.69 Å². The molecule has 2 rings (SSSR count). The molecule has 1 heterocycles. The second kappa shape index (κ2) is 4.90. The maximum absolute atomic E-state index is 4.16. The van der Waals surface area contributed by atoms with Gasteiger partial charge >= 0.3 is 0 Å². The lowest BCUT2D eigenvalue weighted by atomic mass is 10.2. The van der Waals surface area contributed by atoms with Gasteiger partial charge in [-0.05, 0) is 19.9 Å². The van der Waals surface area contributed by atoms with Crippen LogP contribution in [0.1, 0.15) is 31.4 Å². The number of nitrogens with one attached hydrogen (secondary N) is 1. The van der Waals surface area contributed by atoms with Gasteiger partial charge in [-0.3, -0.25) is 4.90 Å². The van der Waals surface area contributed by atoms with Crippen molar-refractivity contribution >= 4 is 16.5 Å². The summed E-state index contributed by atoms with van der Waals surface area (Å²) in [6.45, 7) is 0.914. The van der Waals surface area contributed by atoms with E-state index < -0.39 is 0 Å². The van der Waals surface area contributed by atoms with Crippen molar-refractivity contribution in [3.8, 4) is 0 Å². The van der Waals surface area contributed by atoms with Crippen molar-refractivity contribution in [3.63, 3.8) is 0 Å². The fourth-order valence-corrected chi connectivity index (χ4v) is 2.74. The second-order valence-corrected chi connectivity index (χ2v) is 4.91. The monoisotopic (exact) mass is 226 g/mol. The normalized spacial score (nSPS) is 17.5. The fourth-order valence-electron chi connectivity index (χ4n) is 2.21. The summed E-state index contributed by atoms with van der Waals surface area (Å²) in [5.41, 5.74) is 1.08. The molecule has 1 aliphatic rings. The van der Waals surface area contributed by atoms with Crippen LogP contribution in [-0.2, 0) is 6.54 Å². The van der Waals surface area contributed by atoms with Crippen LogP contribution in [0.5, 0.6) is 0 Å². The second-order valence-electron chi connectivity index (χ2n) is 4.15. The van der Waals surface area contributed by atoms with Crippen LogP contribution >= 0.6 is 11.5 Å². The minimum Gasteiger partial charge on any atom is -0.377 e. The molecule has 0 bridgehead atoms. The number of aromatic nitrogens is 2. The number of anilines is 1. The predicted molar refractivity (Wildman–Crippen MR) is 63.2 cm³/mol. The van der Waals surface area contributed by atoms with Crippen molar-refractivity contribution in [2.24, 2.45) is 0 Å². The smallest absolute Gasteiger partial charge is 0.134 e. The highest BCUT2D eigenvalue weighted by Gasteiger charge is 2.21. The van der Waals surface area contributed by atoms with Crippen LogP contribution in [0.2, 0.25) is 0 Å². The van der Waals surface area contributed by atoms with Crippen LogP contribution in [0.15, 0.2) is 0 Å². The highest BCUT2D eigenvalue weighted by molar-refractivity contribution is 7.10. The van der Waals surface area contributed by atoms with E-state index in [2.05, 4.69) is 26.9 Å². The van der Waals surface area contributed by atoms with Gasteiger partial charge in [-0.2, -0.15) is 0 Å². The minimum absolute atomic E-state index is 0.747. The van der Waals surface area contributed by atoms with Gasteiger partial charge in [-0.25, -0.2) is 0 Å². The van der Waals surface area contributed by atoms with Gasteiger partial charge in [0.25, 0.3) is 0 Å². The summed E-state index contributed by atoms with van der Waals surface area (Å²) in [5.74, 6) is 0. The third-order valence-electron chi connectivity index (χ3n) is 3.13. The summed E-state index contributed by atoms with van der Waals surface area (Å²) in [4.78, 5) is 2.41. The van der Waals surface area contributed by atoms with Gasteiger partial charge in [0.1, 0.15) is 10.7 Å². The zero-order valence-corrected chi connectivity index (χ0v) is 10.2. The first kappa shape index (κ1) is 10.8. The third-order valence-corrected chi connectivity index (χ3v) is 3.92. The maximum atomic E-state index is 4.16. The number of rotatable bonds is 4. The first-order valence-electron chi connectivity index (χ1n) is 5.50. The van der Waals surface area contributed by atoms with E-state index in [1.54, 1.807) is 0 Å². The first-order valence-corrected chi connectivity index (χ1v) is 6.28. The SMILES string of the molecule is CNc1snnc1CN(C)C1CCCC1. The Morgan fingerprint density at radius 2 is 2.20 bits per heavy atom. The third kappa shape index (κ3) is 2.46. The molecule has 15 heavy (non-hydrogen) atoms. The van der Waals surface area contributed by atoms with Crippen LogP contribution in [0, 0.1) is 0 Å². The molecule has 0 atom stereocenters. The Balaban J connectivity index is 1.95. The average molecular weight is 226 g/mol. The Hall–Kier alpha value is -0.680. The molecular weight excluding hydrogens is 208 g/mol. The van der Waals surface area contributed by atoms with Gasteiger partial charge in [-0.1, -0.05) is 17.3 Å². The molecule has 0 saturated heterocycles. The molecule has 1 saturated carbocycles. The van der Waals surface area contributed by atoms with Gasteiger partial charge in [0.05, 0.1) is 0 Å². The minimum atomic E-state index is 0.747. The van der Waals surface area contributed by atoms with E-state index in [1.807, 2.05) is 7.05 Å². The molecule has 0 amide bonds. The van der Waals surface area contributed by atoms with Crippen molar-refractivity contribution < 1.29 is 0 Å². The molecule has 1 aromatic rings. The van der Waals surface area contributed by atoms with Crippen molar-refractivity contribution in [2.45, 2.75) is 38.3 Å². The Morgan fingerprint density at radius 3 is 2.87 bits per heavy atom. The molecule has 1 fully saturated rings. The van der Waals surface area contributed by atoms with E-state index in [9.17, 15) is 0 Å². The molecule has 1 aromatic heterocycles. The molecule has 0 unspecified atom stereocenters. The predicted octanol–water partition coefficient (Wildman–Crippen LogP) is 1.95. The zero-order valence-electron chi connectivity index (χ0n) is 9.36. The fraction of sp³-hybridized carbons (Fsp3) is 0.800. The molecule has 0 aromatic carbocycles. The Labute approximate surface area is 94.8 Å². The lowest BCUT2D eigenvalue weighted by Crippen LogP contribution is -2.28.